The summed E-state index contributed by atoms with van der Waals surface area (Å²) in [5.74, 6) is -0.612. The molecule has 2 N–H and O–H groups in total. The normalized spacial score (nSPS) is 18.3. The molecule has 0 amide bonds. The maximum atomic E-state index is 12.2. The fourth-order valence-corrected chi connectivity index (χ4v) is 5.98. The fourth-order valence-electron chi connectivity index (χ4n) is 5.98. The van der Waals surface area contributed by atoms with Gasteiger partial charge in [0.2, 0.25) is 0 Å². The number of esters is 2. The molecule has 0 saturated heterocycles. The van der Waals surface area contributed by atoms with Crippen LogP contribution in [0.2, 0.25) is 0 Å². The lowest BCUT2D eigenvalue weighted by Crippen LogP contribution is -2.13. The summed E-state index contributed by atoms with van der Waals surface area (Å²) in [5.41, 5.74) is 11.8. The van der Waals surface area contributed by atoms with Crippen LogP contribution in [0.3, 0.4) is 0 Å². The lowest BCUT2D eigenvalue weighted by Gasteiger charge is -2.08. The summed E-state index contributed by atoms with van der Waals surface area (Å²) in [4.78, 5) is 43.0. The van der Waals surface area contributed by atoms with Gasteiger partial charge in [0.1, 0.15) is 0 Å². The van der Waals surface area contributed by atoms with Crippen molar-refractivity contribution in [2.24, 2.45) is 15.0 Å². The quantitative estimate of drug-likeness (QED) is 0.295. The maximum Gasteiger partial charge on any atom is 0.305 e. The smallest absolute Gasteiger partial charge is 0.305 e. The molecule has 5 rings (SSSR count). The summed E-state index contributed by atoms with van der Waals surface area (Å²) in [6, 6.07) is 0. The monoisotopic (exact) mass is 618 g/mol. The van der Waals surface area contributed by atoms with E-state index >= 15 is 0 Å². The minimum absolute atomic E-state index is 0.192. The van der Waals surface area contributed by atoms with Crippen molar-refractivity contribution in [3.63, 3.8) is 0 Å². The van der Waals surface area contributed by atoms with Crippen LogP contribution in [0, 0.1) is 6.92 Å². The Bertz CT molecular complexity index is 2000. The molecule has 0 atom stereocenters. The van der Waals surface area contributed by atoms with Crippen LogP contribution in [-0.4, -0.2) is 53.4 Å². The number of aliphatic hydroxyl groups is 1. The van der Waals surface area contributed by atoms with E-state index in [-0.39, 0.29) is 24.8 Å². The molecule has 236 valence electrons. The van der Waals surface area contributed by atoms with Gasteiger partial charge in [-0.05, 0) is 110 Å². The number of nitrogens with zero attached hydrogens (tertiary/aromatic N) is 3. The molecule has 1 aromatic heterocycles. The van der Waals surface area contributed by atoms with Crippen LogP contribution in [0.5, 0.6) is 0 Å². The lowest BCUT2D eigenvalue weighted by atomic mass is 9.96. The van der Waals surface area contributed by atoms with Crippen molar-refractivity contribution in [3.8, 4) is 0 Å². The van der Waals surface area contributed by atoms with Gasteiger partial charge in [0, 0.05) is 34.7 Å². The van der Waals surface area contributed by atoms with Crippen molar-refractivity contribution in [2.45, 2.75) is 53.4 Å². The van der Waals surface area contributed by atoms with E-state index in [9.17, 15) is 14.7 Å². The number of carbonyl (C=O) groups excluding carboxylic acids is 2. The van der Waals surface area contributed by atoms with Gasteiger partial charge in [-0.3, -0.25) is 9.59 Å². The number of hydrogen-bond acceptors (Lipinski definition) is 8. The van der Waals surface area contributed by atoms with Crippen LogP contribution in [0.4, 0.5) is 0 Å². The van der Waals surface area contributed by atoms with Crippen molar-refractivity contribution in [1.29, 1.82) is 0 Å². The van der Waals surface area contributed by atoms with Crippen LogP contribution in [0.15, 0.2) is 103 Å². The van der Waals surface area contributed by atoms with Gasteiger partial charge in [0.05, 0.1) is 54.7 Å². The van der Waals surface area contributed by atoms with E-state index in [0.29, 0.717) is 35.7 Å². The summed E-state index contributed by atoms with van der Waals surface area (Å²) in [6.45, 7) is 12.1. The molecule has 46 heavy (non-hydrogen) atoms. The van der Waals surface area contributed by atoms with E-state index < -0.39 is 0 Å². The minimum atomic E-state index is -0.311. The van der Waals surface area contributed by atoms with Gasteiger partial charge < -0.3 is 19.6 Å². The Balaban J connectivity index is 1.81. The largest absolute Gasteiger partial charge is 0.516 e. The molecule has 9 nitrogen and oxygen atoms in total. The summed E-state index contributed by atoms with van der Waals surface area (Å²) in [7, 11) is 2.76. The third kappa shape index (κ3) is 6.13. The second kappa shape index (κ2) is 13.4. The van der Waals surface area contributed by atoms with Gasteiger partial charge in [-0.25, -0.2) is 15.0 Å². The summed E-state index contributed by atoms with van der Waals surface area (Å²) in [5, 5.41) is 11.2. The summed E-state index contributed by atoms with van der Waals surface area (Å²) in [6.07, 6.45) is 15.4. The van der Waals surface area contributed by atoms with E-state index in [0.717, 1.165) is 72.9 Å². The molecule has 8 bridgehead atoms. The number of aromatic amines is 1. The van der Waals surface area contributed by atoms with Gasteiger partial charge in [-0.15, -0.1) is 0 Å². The number of fused-ring (bicyclic) bond motifs is 5. The van der Waals surface area contributed by atoms with E-state index in [4.69, 9.17) is 24.5 Å². The van der Waals surface area contributed by atoms with Crippen LogP contribution >= 0.6 is 0 Å². The number of aromatic nitrogens is 1. The highest BCUT2D eigenvalue weighted by molar-refractivity contribution is 6.24. The molecule has 0 aliphatic carbocycles. The number of methoxy groups -OCH3 is 2. The Hall–Kier alpha value is -5.31. The average Bonchev–Trinajstić information content (AvgIpc) is 3.70. The van der Waals surface area contributed by atoms with Crippen LogP contribution in [0.1, 0.15) is 57.6 Å². The van der Waals surface area contributed by atoms with E-state index in [1.807, 2.05) is 64.2 Å². The Morgan fingerprint density at radius 2 is 1.46 bits per heavy atom. The molecule has 0 spiro atoms. The van der Waals surface area contributed by atoms with Crippen molar-refractivity contribution < 1.29 is 24.2 Å². The zero-order valence-electron chi connectivity index (χ0n) is 27.1. The first-order chi connectivity index (χ1) is 22.1. The first-order valence-electron chi connectivity index (χ1n) is 15.1. The molecule has 4 aliphatic rings. The fraction of sp³-hybridized carbons (Fsp3) is 0.270. The highest BCUT2D eigenvalue weighted by Crippen LogP contribution is 2.36. The van der Waals surface area contributed by atoms with Crippen molar-refractivity contribution in [2.75, 3.05) is 14.2 Å². The van der Waals surface area contributed by atoms with Gasteiger partial charge in [-0.2, -0.15) is 0 Å². The molecular weight excluding hydrogens is 580 g/mol. The zero-order valence-corrected chi connectivity index (χ0v) is 27.1. The number of nitrogens with one attached hydrogen (secondary N) is 1. The third-order valence-electron chi connectivity index (χ3n) is 8.72. The maximum absolute atomic E-state index is 12.2. The molecule has 9 heteroatoms. The molecule has 1 aromatic rings. The third-order valence-corrected chi connectivity index (χ3v) is 8.72. The molecule has 0 saturated carbocycles. The number of rotatable bonds is 8. The molecule has 0 radical (unpaired) electrons. The SMILES string of the molecule is C=Cc1c(C)c2[nH]c1=CC1=C(C)/C(=C\C=C/O)C(=N1)C=C1N=C(C=C3N=C(C=2)C(C)=C3CCC(=O)OC)C(CCC(=O)OC)=C1C. The van der Waals surface area contributed by atoms with Crippen molar-refractivity contribution >= 4 is 47.3 Å². The minimum Gasteiger partial charge on any atom is -0.516 e. The first-order valence-corrected chi connectivity index (χ1v) is 15.1. The molecule has 0 aromatic carbocycles. The predicted octanol–water partition coefficient (Wildman–Crippen LogP) is 5.48. The van der Waals surface area contributed by atoms with Gasteiger partial charge in [-0.1, -0.05) is 12.7 Å². The number of H-pyrrole nitrogens is 1. The van der Waals surface area contributed by atoms with Crippen molar-refractivity contribution in [1.82, 2.24) is 4.98 Å². The van der Waals surface area contributed by atoms with Crippen LogP contribution < -0.4 is 10.7 Å². The molecule has 0 fully saturated rings. The lowest BCUT2D eigenvalue weighted by molar-refractivity contribution is -0.141. The van der Waals surface area contributed by atoms with Crippen LogP contribution in [0.25, 0.3) is 18.2 Å². The molecule has 0 unspecified atom stereocenters. The number of ether oxygens (including phenoxy) is 2. The van der Waals surface area contributed by atoms with Crippen LogP contribution in [-0.2, 0) is 19.1 Å². The number of aliphatic hydroxyl groups excluding tert-OH is 1. The second-order valence-electron chi connectivity index (χ2n) is 11.3. The summed E-state index contributed by atoms with van der Waals surface area (Å²) >= 11 is 0. The Morgan fingerprint density at radius 1 is 0.804 bits per heavy atom. The zero-order chi connectivity index (χ0) is 33.1. The molecule has 5 heterocycles. The van der Waals surface area contributed by atoms with E-state index in [1.165, 1.54) is 14.2 Å². The highest BCUT2D eigenvalue weighted by atomic mass is 16.5. The predicted molar refractivity (Wildman–Crippen MR) is 183 cm³/mol. The molecular formula is C37H38N4O5. The standard InChI is InChI=1S/C37H38N4O5/c1-8-24-20(2)28-16-29-22(4)26(11-13-36(43)45-6)34(39-29)19-35-27(12-14-37(44)46-7)23(5)31(41-35)18-33-25(10-9-15-42)21(3)30(40-33)17-32(24)38-28/h8-10,15-19,38,42H,1,11-14H2,2-7H3/b15-9-,25-10+,28-16?,31-18?,32-17?,34-19?. The Morgan fingerprint density at radius 3 is 2.11 bits per heavy atom. The Labute approximate surface area is 268 Å². The van der Waals surface area contributed by atoms with E-state index in [1.54, 1.807) is 6.08 Å². The van der Waals surface area contributed by atoms with Gasteiger partial charge >= 0.3 is 11.9 Å². The second-order valence-corrected chi connectivity index (χ2v) is 11.3. The Kier molecular flexibility index (Phi) is 9.32. The number of carbonyl (C=O) groups is 2. The topological polar surface area (TPSA) is 126 Å². The highest BCUT2D eigenvalue weighted by Gasteiger charge is 2.27. The average molecular weight is 619 g/mol. The summed E-state index contributed by atoms with van der Waals surface area (Å²) < 4.78 is 9.87. The molecule has 4 aliphatic heterocycles. The number of allylic oxidation sites excluding steroid dienone is 11. The van der Waals surface area contributed by atoms with Gasteiger partial charge in [0.15, 0.2) is 0 Å². The van der Waals surface area contributed by atoms with Gasteiger partial charge in [0.25, 0.3) is 0 Å². The first kappa shape index (κ1) is 32.1. The number of hydrogen-bond donors (Lipinski definition) is 2. The van der Waals surface area contributed by atoms with Crippen molar-refractivity contribution in [3.05, 3.63) is 109 Å². The number of aliphatic imine (C=N–C) groups is 3. The van der Waals surface area contributed by atoms with E-state index in [2.05, 4.69) is 11.6 Å².